The Balaban J connectivity index is 2.55. The number of aromatic nitrogens is 1. The summed E-state index contributed by atoms with van der Waals surface area (Å²) in [5.41, 5.74) is -1.35. The molecule has 0 spiro atoms. The third-order valence-electron chi connectivity index (χ3n) is 3.82. The molecule has 0 fully saturated rings. The van der Waals surface area contributed by atoms with Crippen molar-refractivity contribution in [3.05, 3.63) is 50.9 Å². The minimum Gasteiger partial charge on any atom is -0.468 e. The molecule has 0 bridgehead atoms. The van der Waals surface area contributed by atoms with Crippen molar-refractivity contribution in [1.29, 1.82) is 0 Å². The first-order valence-corrected chi connectivity index (χ1v) is 8.59. The third-order valence-corrected chi connectivity index (χ3v) is 4.96. The van der Waals surface area contributed by atoms with E-state index in [0.29, 0.717) is 6.20 Å². The molecule has 0 N–H and O–H groups in total. The van der Waals surface area contributed by atoms with E-state index in [4.69, 9.17) is 34.8 Å². The van der Waals surface area contributed by atoms with Crippen molar-refractivity contribution >= 4 is 40.8 Å². The first kappa shape index (κ1) is 21.7. The number of halogens is 7. The molecule has 3 nitrogen and oxygen atoms in total. The number of esters is 1. The fraction of sp³-hybridized carbons (Fsp3) is 0.294. The molecule has 0 saturated carbocycles. The predicted molar refractivity (Wildman–Crippen MR) is 94.8 cm³/mol. The second-order valence-electron chi connectivity index (χ2n) is 5.58. The number of pyridine rings is 1. The van der Waals surface area contributed by atoms with Crippen molar-refractivity contribution in [3.63, 3.8) is 0 Å². The number of nitrogens with zero attached hydrogens (tertiary/aromatic N) is 1. The van der Waals surface area contributed by atoms with Crippen LogP contribution in [0.15, 0.2) is 18.3 Å². The minimum absolute atomic E-state index is 0.00874. The van der Waals surface area contributed by atoms with Gasteiger partial charge in [0.15, 0.2) is 0 Å². The number of ether oxygens (including phenoxy) is 1. The zero-order valence-electron chi connectivity index (χ0n) is 13.9. The third kappa shape index (κ3) is 4.65. The fourth-order valence-electron chi connectivity index (χ4n) is 2.39. The van der Waals surface area contributed by atoms with E-state index < -0.39 is 28.9 Å². The van der Waals surface area contributed by atoms with E-state index in [9.17, 15) is 22.4 Å². The van der Waals surface area contributed by atoms with Gasteiger partial charge in [0.05, 0.1) is 23.4 Å². The summed E-state index contributed by atoms with van der Waals surface area (Å²) in [6.07, 6.45) is -4.14. The summed E-state index contributed by atoms with van der Waals surface area (Å²) in [5, 5.41) is -1.43. The number of hydrogen-bond acceptors (Lipinski definition) is 3. The molecule has 0 saturated heterocycles. The highest BCUT2D eigenvalue weighted by Crippen LogP contribution is 2.39. The molecule has 0 aliphatic heterocycles. The van der Waals surface area contributed by atoms with Crippen molar-refractivity contribution in [2.75, 3.05) is 7.11 Å². The van der Waals surface area contributed by atoms with Crippen LogP contribution in [0.2, 0.25) is 10.0 Å². The molecule has 1 aromatic heterocycles. The van der Waals surface area contributed by atoms with Crippen molar-refractivity contribution in [2.24, 2.45) is 0 Å². The Hall–Kier alpha value is -1.57. The zero-order valence-corrected chi connectivity index (χ0v) is 16.2. The molecule has 1 heterocycles. The maximum Gasteiger partial charge on any atom is 0.418 e. The van der Waals surface area contributed by atoms with Gasteiger partial charge in [-0.3, -0.25) is 9.78 Å². The van der Waals surface area contributed by atoms with Gasteiger partial charge in [0.2, 0.25) is 0 Å². The quantitative estimate of drug-likeness (QED) is 0.338. The van der Waals surface area contributed by atoms with E-state index in [1.165, 1.54) is 6.07 Å². The molecular formula is C17H12Cl3F4NO2. The molecule has 27 heavy (non-hydrogen) atoms. The largest absolute Gasteiger partial charge is 0.468 e. The molecule has 146 valence electrons. The zero-order chi connectivity index (χ0) is 20.5. The van der Waals surface area contributed by atoms with Crippen molar-refractivity contribution < 1.29 is 27.1 Å². The van der Waals surface area contributed by atoms with Crippen molar-refractivity contribution in [2.45, 2.75) is 24.9 Å². The van der Waals surface area contributed by atoms with Crippen molar-refractivity contribution in [3.8, 4) is 11.3 Å². The highest BCUT2D eigenvalue weighted by atomic mass is 35.5. The summed E-state index contributed by atoms with van der Waals surface area (Å²) in [5.74, 6) is -1.54. The molecule has 2 rings (SSSR count). The Kier molecular flexibility index (Phi) is 6.60. The number of carbonyl (C=O) groups excluding carboxylic acids is 1. The number of benzene rings is 1. The predicted octanol–water partition coefficient (Wildman–Crippen LogP) is 5.84. The lowest BCUT2D eigenvalue weighted by Crippen LogP contribution is -2.19. The Morgan fingerprint density at radius 2 is 1.93 bits per heavy atom. The summed E-state index contributed by atoms with van der Waals surface area (Å²) >= 11 is 17.9. The minimum atomic E-state index is -4.64. The van der Waals surface area contributed by atoms with E-state index in [1.54, 1.807) is 0 Å². The molecule has 2 aromatic rings. The van der Waals surface area contributed by atoms with Gasteiger partial charge in [-0.25, -0.2) is 4.39 Å². The maximum absolute atomic E-state index is 14.4. The van der Waals surface area contributed by atoms with Crippen LogP contribution in [0, 0.1) is 12.7 Å². The van der Waals surface area contributed by atoms with E-state index in [0.717, 1.165) is 20.1 Å². The van der Waals surface area contributed by atoms with Gasteiger partial charge < -0.3 is 4.74 Å². The van der Waals surface area contributed by atoms with Crippen LogP contribution in [0.1, 0.15) is 16.7 Å². The average molecular weight is 445 g/mol. The van der Waals surface area contributed by atoms with Crippen molar-refractivity contribution in [1.82, 2.24) is 4.98 Å². The highest BCUT2D eigenvalue weighted by Gasteiger charge is 2.34. The molecule has 1 aromatic carbocycles. The summed E-state index contributed by atoms with van der Waals surface area (Å²) < 4.78 is 57.8. The number of carbonyl (C=O) groups is 1. The first-order valence-electron chi connectivity index (χ1n) is 7.39. The number of rotatable bonds is 4. The summed E-state index contributed by atoms with van der Waals surface area (Å²) in [6.45, 7) is 1.16. The van der Waals surface area contributed by atoms with Crippen LogP contribution < -0.4 is 0 Å². The van der Waals surface area contributed by atoms with E-state index in [2.05, 4.69) is 9.72 Å². The van der Waals surface area contributed by atoms with Gasteiger partial charge in [-0.2, -0.15) is 13.2 Å². The number of alkyl halides is 4. The SMILES string of the molecule is COC(=O)C(Cl)Cc1cc(-c2ncc(C(F)(F)F)c(C)c2Cl)c(F)cc1Cl. The highest BCUT2D eigenvalue weighted by molar-refractivity contribution is 6.34. The van der Waals surface area contributed by atoms with Crippen LogP contribution in [-0.4, -0.2) is 23.4 Å². The smallest absolute Gasteiger partial charge is 0.418 e. The molecule has 0 aliphatic carbocycles. The van der Waals surface area contributed by atoms with Gasteiger partial charge in [0, 0.05) is 23.2 Å². The van der Waals surface area contributed by atoms with E-state index in [-0.39, 0.29) is 38.9 Å². The normalized spacial score (nSPS) is 12.8. The second-order valence-corrected chi connectivity index (χ2v) is 6.89. The van der Waals surface area contributed by atoms with Crippen LogP contribution in [0.3, 0.4) is 0 Å². The van der Waals surface area contributed by atoms with Gasteiger partial charge in [0.25, 0.3) is 0 Å². The summed E-state index contributed by atoms with van der Waals surface area (Å²) in [6, 6.07) is 2.20. The van der Waals surface area contributed by atoms with Crippen LogP contribution in [0.5, 0.6) is 0 Å². The lowest BCUT2D eigenvalue weighted by molar-refractivity contribution is -0.140. The van der Waals surface area contributed by atoms with Gasteiger partial charge in [0.1, 0.15) is 11.2 Å². The standard InChI is InChI=1S/C17H12Cl3F4NO2/c1-7-10(17(22,23)24)6-25-15(14(7)20)9-3-8(11(18)5-13(9)21)4-12(19)16(26)27-2/h3,5-6,12H,4H2,1-2H3. The van der Waals surface area contributed by atoms with Gasteiger partial charge in [-0.1, -0.05) is 23.2 Å². The van der Waals surface area contributed by atoms with Gasteiger partial charge >= 0.3 is 12.1 Å². The number of methoxy groups -OCH3 is 1. The molecule has 1 atom stereocenters. The first-order chi connectivity index (χ1) is 12.5. The van der Waals surface area contributed by atoms with Crippen LogP contribution in [0.4, 0.5) is 17.6 Å². The Bertz CT molecular complexity index is 887. The lowest BCUT2D eigenvalue weighted by atomic mass is 10.0. The van der Waals surface area contributed by atoms with Crippen LogP contribution in [-0.2, 0) is 22.1 Å². The lowest BCUT2D eigenvalue weighted by Gasteiger charge is -2.15. The monoisotopic (exact) mass is 443 g/mol. The van der Waals surface area contributed by atoms with Crippen LogP contribution in [0.25, 0.3) is 11.3 Å². The molecule has 0 radical (unpaired) electrons. The molecule has 0 amide bonds. The van der Waals surface area contributed by atoms with Gasteiger partial charge in [-0.05, 0) is 30.2 Å². The summed E-state index contributed by atoms with van der Waals surface area (Å²) in [7, 11) is 1.16. The Morgan fingerprint density at radius 1 is 1.30 bits per heavy atom. The summed E-state index contributed by atoms with van der Waals surface area (Å²) in [4.78, 5) is 15.1. The van der Waals surface area contributed by atoms with Crippen LogP contribution >= 0.6 is 34.8 Å². The fourth-order valence-corrected chi connectivity index (χ4v) is 3.12. The molecule has 0 aliphatic rings. The maximum atomic E-state index is 14.4. The topological polar surface area (TPSA) is 39.2 Å². The number of hydrogen-bond donors (Lipinski definition) is 0. The van der Waals surface area contributed by atoms with Gasteiger partial charge in [-0.15, -0.1) is 11.6 Å². The molecule has 1 unspecified atom stereocenters. The average Bonchev–Trinajstić information content (AvgIpc) is 2.58. The Labute approximate surface area is 167 Å². The second kappa shape index (κ2) is 8.20. The molecular weight excluding hydrogens is 433 g/mol. The van der Waals surface area contributed by atoms with E-state index >= 15 is 0 Å². The van der Waals surface area contributed by atoms with E-state index in [1.807, 2.05) is 0 Å². The molecule has 10 heteroatoms. The Morgan fingerprint density at radius 3 is 2.48 bits per heavy atom.